The number of aliphatic hydroxyl groups is 1. The van der Waals surface area contributed by atoms with Gasteiger partial charge in [-0.25, -0.2) is 0 Å². The van der Waals surface area contributed by atoms with Crippen LogP contribution in [0, 0.1) is 12.8 Å². The Hall–Kier alpha value is -1.02. The summed E-state index contributed by atoms with van der Waals surface area (Å²) in [6, 6.07) is 6.11. The Bertz CT molecular complexity index is 407. The molecule has 2 nitrogen and oxygen atoms in total. The van der Waals surface area contributed by atoms with E-state index in [9.17, 15) is 5.11 Å². The SMILES string of the molecule is Cc1ccc2c(c1)[C@H](O)CC(C1CCCC1)O2. The maximum Gasteiger partial charge on any atom is 0.125 e. The minimum atomic E-state index is -0.343. The number of hydrogen-bond donors (Lipinski definition) is 1. The summed E-state index contributed by atoms with van der Waals surface area (Å²) in [6.07, 6.45) is 5.81. The van der Waals surface area contributed by atoms with Crippen molar-refractivity contribution in [2.75, 3.05) is 0 Å². The van der Waals surface area contributed by atoms with Crippen molar-refractivity contribution in [1.82, 2.24) is 0 Å². The summed E-state index contributed by atoms with van der Waals surface area (Å²) in [5.41, 5.74) is 2.16. The Morgan fingerprint density at radius 2 is 2.00 bits per heavy atom. The summed E-state index contributed by atoms with van der Waals surface area (Å²) in [5, 5.41) is 10.2. The Balaban J connectivity index is 1.84. The molecule has 92 valence electrons. The minimum Gasteiger partial charge on any atom is -0.490 e. The molecular formula is C15H20O2. The fourth-order valence-electron chi connectivity index (χ4n) is 3.21. The lowest BCUT2D eigenvalue weighted by atomic mass is 9.90. The van der Waals surface area contributed by atoms with Gasteiger partial charge in [-0.1, -0.05) is 24.5 Å². The number of hydrogen-bond acceptors (Lipinski definition) is 2. The van der Waals surface area contributed by atoms with E-state index < -0.39 is 0 Å². The van der Waals surface area contributed by atoms with Crippen LogP contribution in [-0.4, -0.2) is 11.2 Å². The van der Waals surface area contributed by atoms with Gasteiger partial charge in [0, 0.05) is 12.0 Å². The predicted octanol–water partition coefficient (Wildman–Crippen LogP) is 3.37. The normalized spacial score (nSPS) is 28.8. The molecule has 2 heteroatoms. The van der Waals surface area contributed by atoms with Gasteiger partial charge in [-0.15, -0.1) is 0 Å². The van der Waals surface area contributed by atoms with E-state index in [4.69, 9.17) is 4.74 Å². The first-order valence-electron chi connectivity index (χ1n) is 6.69. The van der Waals surface area contributed by atoms with Crippen LogP contribution in [0.4, 0.5) is 0 Å². The van der Waals surface area contributed by atoms with E-state index in [1.54, 1.807) is 0 Å². The van der Waals surface area contributed by atoms with Crippen molar-refractivity contribution in [3.8, 4) is 5.75 Å². The van der Waals surface area contributed by atoms with Crippen LogP contribution in [0.2, 0.25) is 0 Å². The highest BCUT2D eigenvalue weighted by Crippen LogP contribution is 2.41. The number of ether oxygens (including phenoxy) is 1. The van der Waals surface area contributed by atoms with Crippen molar-refractivity contribution in [3.63, 3.8) is 0 Å². The third-order valence-electron chi connectivity index (χ3n) is 4.18. The third-order valence-corrected chi connectivity index (χ3v) is 4.18. The van der Waals surface area contributed by atoms with Crippen LogP contribution in [0.1, 0.15) is 49.3 Å². The molecule has 3 rings (SSSR count). The largest absolute Gasteiger partial charge is 0.490 e. The number of aryl methyl sites for hydroxylation is 1. The molecule has 0 radical (unpaired) electrons. The second-order valence-corrected chi connectivity index (χ2v) is 5.49. The number of rotatable bonds is 1. The quantitative estimate of drug-likeness (QED) is 0.804. The highest BCUT2D eigenvalue weighted by Gasteiger charge is 2.33. The van der Waals surface area contributed by atoms with Crippen LogP contribution in [0.25, 0.3) is 0 Å². The number of benzene rings is 1. The molecule has 0 saturated heterocycles. The molecule has 1 heterocycles. The number of fused-ring (bicyclic) bond motifs is 1. The first-order chi connectivity index (χ1) is 8.24. The summed E-state index contributed by atoms with van der Waals surface area (Å²) in [6.45, 7) is 2.05. The molecule has 2 aliphatic rings. The van der Waals surface area contributed by atoms with Crippen molar-refractivity contribution in [3.05, 3.63) is 29.3 Å². The van der Waals surface area contributed by atoms with Crippen molar-refractivity contribution in [1.29, 1.82) is 0 Å². The lowest BCUT2D eigenvalue weighted by Crippen LogP contribution is -2.31. The molecule has 0 bridgehead atoms. The molecule has 1 aliphatic carbocycles. The smallest absolute Gasteiger partial charge is 0.125 e. The van der Waals surface area contributed by atoms with E-state index in [0.717, 1.165) is 17.7 Å². The molecule has 2 atom stereocenters. The zero-order valence-corrected chi connectivity index (χ0v) is 10.4. The van der Waals surface area contributed by atoms with Crippen LogP contribution < -0.4 is 4.74 Å². The first-order valence-corrected chi connectivity index (χ1v) is 6.69. The van der Waals surface area contributed by atoms with Gasteiger partial charge in [-0.05, 0) is 37.8 Å². The van der Waals surface area contributed by atoms with E-state index in [2.05, 4.69) is 13.0 Å². The van der Waals surface area contributed by atoms with Crippen LogP contribution >= 0.6 is 0 Å². The molecular weight excluding hydrogens is 212 g/mol. The molecule has 0 spiro atoms. The highest BCUT2D eigenvalue weighted by atomic mass is 16.5. The van der Waals surface area contributed by atoms with Crippen molar-refractivity contribution in [2.24, 2.45) is 5.92 Å². The molecule has 0 aromatic heterocycles. The van der Waals surface area contributed by atoms with E-state index in [-0.39, 0.29) is 12.2 Å². The Morgan fingerprint density at radius 1 is 1.24 bits per heavy atom. The van der Waals surface area contributed by atoms with Gasteiger partial charge in [0.25, 0.3) is 0 Å². The van der Waals surface area contributed by atoms with Crippen molar-refractivity contribution in [2.45, 2.75) is 51.2 Å². The first kappa shape index (κ1) is 11.1. The van der Waals surface area contributed by atoms with E-state index in [1.165, 1.54) is 31.2 Å². The fraction of sp³-hybridized carbons (Fsp3) is 0.600. The van der Waals surface area contributed by atoms with Gasteiger partial charge in [-0.2, -0.15) is 0 Å². The van der Waals surface area contributed by atoms with E-state index in [1.807, 2.05) is 12.1 Å². The summed E-state index contributed by atoms with van der Waals surface area (Å²) in [5.74, 6) is 1.55. The maximum absolute atomic E-state index is 10.2. The zero-order chi connectivity index (χ0) is 11.8. The van der Waals surface area contributed by atoms with Gasteiger partial charge in [-0.3, -0.25) is 0 Å². The third kappa shape index (κ3) is 2.06. The monoisotopic (exact) mass is 232 g/mol. The van der Waals surface area contributed by atoms with Crippen LogP contribution in [-0.2, 0) is 0 Å². The summed E-state index contributed by atoms with van der Waals surface area (Å²) in [4.78, 5) is 0. The number of aliphatic hydroxyl groups excluding tert-OH is 1. The topological polar surface area (TPSA) is 29.5 Å². The second kappa shape index (κ2) is 4.34. The summed E-state index contributed by atoms with van der Waals surface area (Å²) >= 11 is 0. The maximum atomic E-state index is 10.2. The Labute approximate surface area is 103 Å². The lowest BCUT2D eigenvalue weighted by molar-refractivity contribution is 0.0355. The lowest BCUT2D eigenvalue weighted by Gasteiger charge is -2.33. The molecule has 1 fully saturated rings. The molecule has 17 heavy (non-hydrogen) atoms. The molecule has 1 aromatic carbocycles. The molecule has 1 saturated carbocycles. The Morgan fingerprint density at radius 3 is 2.76 bits per heavy atom. The molecule has 1 unspecified atom stereocenters. The molecule has 0 amide bonds. The van der Waals surface area contributed by atoms with Crippen molar-refractivity contribution >= 4 is 0 Å². The average molecular weight is 232 g/mol. The fourth-order valence-corrected chi connectivity index (χ4v) is 3.21. The van der Waals surface area contributed by atoms with Gasteiger partial charge in [0.05, 0.1) is 6.10 Å². The van der Waals surface area contributed by atoms with E-state index >= 15 is 0 Å². The Kier molecular flexibility index (Phi) is 2.83. The van der Waals surface area contributed by atoms with Crippen LogP contribution in [0.5, 0.6) is 5.75 Å². The standard InChI is InChI=1S/C15H20O2/c1-10-6-7-14-12(8-10)13(16)9-15(17-14)11-4-2-3-5-11/h6-8,11,13,15-16H,2-5,9H2,1H3/t13-,15?/m1/s1. The van der Waals surface area contributed by atoms with Gasteiger partial charge >= 0.3 is 0 Å². The zero-order valence-electron chi connectivity index (χ0n) is 10.4. The van der Waals surface area contributed by atoms with Crippen LogP contribution in [0.15, 0.2) is 18.2 Å². The van der Waals surface area contributed by atoms with Crippen molar-refractivity contribution < 1.29 is 9.84 Å². The van der Waals surface area contributed by atoms with E-state index in [0.29, 0.717) is 5.92 Å². The average Bonchev–Trinajstić information content (AvgIpc) is 2.83. The van der Waals surface area contributed by atoms with Gasteiger partial charge in [0.15, 0.2) is 0 Å². The van der Waals surface area contributed by atoms with Gasteiger partial charge < -0.3 is 9.84 Å². The summed E-state index contributed by atoms with van der Waals surface area (Å²) in [7, 11) is 0. The summed E-state index contributed by atoms with van der Waals surface area (Å²) < 4.78 is 6.08. The van der Waals surface area contributed by atoms with Gasteiger partial charge in [0.2, 0.25) is 0 Å². The molecule has 1 aliphatic heterocycles. The van der Waals surface area contributed by atoms with Crippen LogP contribution in [0.3, 0.4) is 0 Å². The highest BCUT2D eigenvalue weighted by molar-refractivity contribution is 5.40. The molecule has 1 aromatic rings. The minimum absolute atomic E-state index is 0.225. The predicted molar refractivity (Wildman–Crippen MR) is 67.1 cm³/mol. The van der Waals surface area contributed by atoms with Gasteiger partial charge in [0.1, 0.15) is 11.9 Å². The second-order valence-electron chi connectivity index (χ2n) is 5.49. The molecule has 1 N–H and O–H groups in total.